The molecule has 168 valence electrons. The summed E-state index contributed by atoms with van der Waals surface area (Å²) in [6, 6.07) is 6.78. The number of carbonyl (C=O) groups excluding carboxylic acids is 3. The van der Waals surface area contributed by atoms with E-state index in [2.05, 4.69) is 10.6 Å². The molecule has 0 aliphatic carbocycles. The van der Waals surface area contributed by atoms with Gasteiger partial charge in [-0.2, -0.15) is 0 Å². The van der Waals surface area contributed by atoms with Gasteiger partial charge in [0.15, 0.2) is 0 Å². The molecule has 0 bridgehead atoms. The molecule has 1 fully saturated rings. The molecule has 0 unspecified atom stereocenters. The lowest BCUT2D eigenvalue weighted by Gasteiger charge is -2.24. The first-order chi connectivity index (χ1) is 15.2. The highest BCUT2D eigenvalue weighted by atomic mass is 35.5. The number of carbonyl (C=O) groups is 3. The van der Waals surface area contributed by atoms with E-state index in [1.807, 2.05) is 0 Å². The molecule has 2 aromatic carbocycles. The standard InChI is InChI=1S/C21H18ClF2N3O5/c22-12-8-15(23)14(16(24)9-12)10-25-20(30)32-21(31)5-6-27(19(21)29)13-2-3-17-11(7-13)1-4-18(28)26-17/h2-3,7-9,31H,1,4-6,10H2,(H,25,30)(H,26,28)/t21-/m0/s1. The molecular weight excluding hydrogens is 448 g/mol. The zero-order valence-electron chi connectivity index (χ0n) is 16.6. The van der Waals surface area contributed by atoms with Crippen molar-refractivity contribution in [2.45, 2.75) is 31.6 Å². The van der Waals surface area contributed by atoms with Crippen molar-refractivity contribution in [1.29, 1.82) is 0 Å². The summed E-state index contributed by atoms with van der Waals surface area (Å²) in [5, 5.41) is 15.3. The van der Waals surface area contributed by atoms with Crippen LogP contribution < -0.4 is 15.5 Å². The van der Waals surface area contributed by atoms with Crippen molar-refractivity contribution in [2.75, 3.05) is 16.8 Å². The van der Waals surface area contributed by atoms with Gasteiger partial charge in [0.05, 0.1) is 6.54 Å². The number of nitrogens with one attached hydrogen (secondary N) is 2. The summed E-state index contributed by atoms with van der Waals surface area (Å²) in [5.41, 5.74) is 1.54. The van der Waals surface area contributed by atoms with Gasteiger partial charge in [-0.3, -0.25) is 9.59 Å². The van der Waals surface area contributed by atoms with E-state index in [4.69, 9.17) is 16.3 Å². The number of halogens is 3. The predicted octanol–water partition coefficient (Wildman–Crippen LogP) is 2.85. The van der Waals surface area contributed by atoms with E-state index in [9.17, 15) is 28.3 Å². The number of fused-ring (bicyclic) bond motifs is 1. The van der Waals surface area contributed by atoms with Gasteiger partial charge in [0.25, 0.3) is 11.7 Å². The molecule has 1 saturated heterocycles. The van der Waals surface area contributed by atoms with Crippen molar-refractivity contribution in [3.05, 3.63) is 58.1 Å². The number of aliphatic hydroxyl groups is 1. The second-order valence-corrected chi connectivity index (χ2v) is 7.91. The van der Waals surface area contributed by atoms with Crippen LogP contribution in [-0.4, -0.2) is 35.3 Å². The number of aryl methyl sites for hydroxylation is 1. The third-order valence-electron chi connectivity index (χ3n) is 5.33. The number of hydrogen-bond acceptors (Lipinski definition) is 5. The van der Waals surface area contributed by atoms with E-state index in [0.717, 1.165) is 17.7 Å². The van der Waals surface area contributed by atoms with Crippen LogP contribution >= 0.6 is 11.6 Å². The Morgan fingerprint density at radius 2 is 1.94 bits per heavy atom. The number of rotatable bonds is 4. The maximum absolute atomic E-state index is 13.8. The van der Waals surface area contributed by atoms with Crippen molar-refractivity contribution in [2.24, 2.45) is 0 Å². The van der Waals surface area contributed by atoms with E-state index in [1.54, 1.807) is 18.2 Å². The molecule has 8 nitrogen and oxygen atoms in total. The van der Waals surface area contributed by atoms with E-state index in [0.29, 0.717) is 24.2 Å². The van der Waals surface area contributed by atoms with E-state index >= 15 is 0 Å². The summed E-state index contributed by atoms with van der Waals surface area (Å²) in [4.78, 5) is 37.6. The van der Waals surface area contributed by atoms with Gasteiger partial charge in [-0.15, -0.1) is 0 Å². The summed E-state index contributed by atoms with van der Waals surface area (Å²) in [6.07, 6.45) is -0.578. The summed E-state index contributed by atoms with van der Waals surface area (Å²) < 4.78 is 32.6. The third-order valence-corrected chi connectivity index (χ3v) is 5.54. The highest BCUT2D eigenvalue weighted by Crippen LogP contribution is 2.33. The number of ether oxygens (including phenoxy) is 1. The second-order valence-electron chi connectivity index (χ2n) is 7.47. The Balaban J connectivity index is 1.41. The number of anilines is 2. The van der Waals surface area contributed by atoms with Crippen LogP contribution in [0.25, 0.3) is 0 Å². The smallest absolute Gasteiger partial charge is 0.407 e. The third kappa shape index (κ3) is 4.23. The lowest BCUT2D eigenvalue weighted by atomic mass is 10.0. The first-order valence-corrected chi connectivity index (χ1v) is 10.1. The monoisotopic (exact) mass is 465 g/mol. The minimum absolute atomic E-state index is 0.0776. The first kappa shape index (κ1) is 22.0. The molecule has 0 spiro atoms. The van der Waals surface area contributed by atoms with E-state index < -0.39 is 41.5 Å². The van der Waals surface area contributed by atoms with Gasteiger partial charge in [-0.1, -0.05) is 11.6 Å². The van der Waals surface area contributed by atoms with E-state index in [-0.39, 0.29) is 23.9 Å². The van der Waals surface area contributed by atoms with Crippen molar-refractivity contribution in [3.8, 4) is 0 Å². The second kappa shape index (κ2) is 8.36. The highest BCUT2D eigenvalue weighted by Gasteiger charge is 2.49. The van der Waals surface area contributed by atoms with Crippen LogP contribution in [0.15, 0.2) is 30.3 Å². The van der Waals surface area contributed by atoms with Gasteiger partial charge in [0, 0.05) is 41.3 Å². The summed E-state index contributed by atoms with van der Waals surface area (Å²) in [6.45, 7) is -0.494. The maximum Gasteiger partial charge on any atom is 0.410 e. The fourth-order valence-corrected chi connectivity index (χ4v) is 3.84. The molecule has 1 atom stereocenters. The maximum atomic E-state index is 13.8. The number of benzene rings is 2. The summed E-state index contributed by atoms with van der Waals surface area (Å²) in [5.74, 6) is -5.28. The van der Waals surface area contributed by atoms with Crippen LogP contribution in [0.4, 0.5) is 25.0 Å². The van der Waals surface area contributed by atoms with Crippen LogP contribution in [0.1, 0.15) is 24.0 Å². The van der Waals surface area contributed by atoms with Crippen LogP contribution in [-0.2, 0) is 27.3 Å². The van der Waals surface area contributed by atoms with Gasteiger partial charge in [0.1, 0.15) is 11.6 Å². The molecule has 2 heterocycles. The lowest BCUT2D eigenvalue weighted by molar-refractivity contribution is -0.175. The Hall–Kier alpha value is -3.24. The van der Waals surface area contributed by atoms with Gasteiger partial charge in [-0.05, 0) is 42.3 Å². The number of nitrogens with zero attached hydrogens (tertiary/aromatic N) is 1. The van der Waals surface area contributed by atoms with E-state index in [1.165, 1.54) is 4.90 Å². The first-order valence-electron chi connectivity index (χ1n) is 9.74. The minimum atomic E-state index is -2.43. The Bertz CT molecular complexity index is 1110. The predicted molar refractivity (Wildman–Crippen MR) is 110 cm³/mol. The minimum Gasteiger partial charge on any atom is -0.407 e. The van der Waals surface area contributed by atoms with Gasteiger partial charge in [-0.25, -0.2) is 13.6 Å². The van der Waals surface area contributed by atoms with Crippen molar-refractivity contribution in [1.82, 2.24) is 5.32 Å². The molecule has 2 aromatic rings. The van der Waals surface area contributed by atoms with Crippen LogP contribution in [0, 0.1) is 11.6 Å². The summed E-state index contributed by atoms with van der Waals surface area (Å²) in [7, 11) is 0. The quantitative estimate of drug-likeness (QED) is 0.602. The fraction of sp³-hybridized carbons (Fsp3) is 0.286. The molecule has 0 saturated carbocycles. The van der Waals surface area contributed by atoms with Gasteiger partial charge >= 0.3 is 6.09 Å². The SMILES string of the molecule is O=C1CCc2cc(N3CC[C@](O)(OC(=O)NCc4c(F)cc(Cl)cc4F)C3=O)ccc2N1. The molecule has 32 heavy (non-hydrogen) atoms. The van der Waals surface area contributed by atoms with Crippen LogP contribution in [0.2, 0.25) is 5.02 Å². The van der Waals surface area contributed by atoms with Gasteiger partial charge < -0.3 is 25.4 Å². The molecule has 3 N–H and O–H groups in total. The fourth-order valence-electron chi connectivity index (χ4n) is 3.65. The van der Waals surface area contributed by atoms with Crippen LogP contribution in [0.5, 0.6) is 0 Å². The molecule has 2 aliphatic rings. The van der Waals surface area contributed by atoms with Crippen molar-refractivity contribution >= 4 is 40.9 Å². The number of alkyl carbamates (subject to hydrolysis) is 1. The molecule has 4 rings (SSSR count). The van der Waals surface area contributed by atoms with Crippen LogP contribution in [0.3, 0.4) is 0 Å². The molecular formula is C21H18ClF2N3O5. The lowest BCUT2D eigenvalue weighted by Crippen LogP contribution is -2.46. The topological polar surface area (TPSA) is 108 Å². The Morgan fingerprint density at radius 3 is 2.66 bits per heavy atom. The van der Waals surface area contributed by atoms with Gasteiger partial charge in [0.2, 0.25) is 5.91 Å². The highest BCUT2D eigenvalue weighted by molar-refractivity contribution is 6.30. The molecule has 2 aliphatic heterocycles. The molecule has 11 heteroatoms. The average Bonchev–Trinajstić information content (AvgIpc) is 3.01. The Morgan fingerprint density at radius 1 is 1.22 bits per heavy atom. The molecule has 0 radical (unpaired) electrons. The zero-order chi connectivity index (χ0) is 23.0. The number of amides is 3. The largest absolute Gasteiger partial charge is 0.410 e. The molecule has 0 aromatic heterocycles. The Kier molecular flexibility index (Phi) is 5.74. The zero-order valence-corrected chi connectivity index (χ0v) is 17.3. The average molecular weight is 466 g/mol. The Labute approximate surface area is 186 Å². The normalized spacial score (nSPS) is 20.1. The molecule has 3 amide bonds. The summed E-state index contributed by atoms with van der Waals surface area (Å²) >= 11 is 5.56. The number of hydrogen-bond donors (Lipinski definition) is 3. The van der Waals surface area contributed by atoms with Crippen molar-refractivity contribution in [3.63, 3.8) is 0 Å². The van der Waals surface area contributed by atoms with Crippen molar-refractivity contribution < 1.29 is 33.0 Å².